The molecule has 3 aromatic carbocycles. The van der Waals surface area contributed by atoms with E-state index in [1.807, 2.05) is 102 Å². The lowest BCUT2D eigenvalue weighted by Crippen LogP contribution is -2.03. The van der Waals surface area contributed by atoms with Crippen LogP contribution in [0.4, 0.5) is 0 Å². The van der Waals surface area contributed by atoms with Gasteiger partial charge in [0.15, 0.2) is 5.78 Å². The number of hydrogen-bond donors (Lipinski definition) is 0. The van der Waals surface area contributed by atoms with Crippen molar-refractivity contribution in [1.29, 1.82) is 0 Å². The van der Waals surface area contributed by atoms with Gasteiger partial charge in [-0.05, 0) is 11.6 Å². The first-order chi connectivity index (χ1) is 14.3. The number of fused-ring (bicyclic) bond motifs is 1. The van der Waals surface area contributed by atoms with Gasteiger partial charge in [0.25, 0.3) is 0 Å². The normalized spacial score (nSPS) is 10.9. The molecule has 0 atom stereocenters. The quantitative estimate of drug-likeness (QED) is 0.367. The minimum absolute atomic E-state index is 0.0252. The Labute approximate surface area is 168 Å². The summed E-state index contributed by atoms with van der Waals surface area (Å²) in [5.74, 6) is -0.0252. The number of pyridine rings is 1. The molecule has 138 valence electrons. The molecular formula is C26H18N2O. The SMILES string of the molecule is O=C(c1ccccc1)c1c(-c2ccccc2)nn2cccc(-c3ccccc3)c12. The molecule has 5 aromatic rings. The number of hydrogen-bond acceptors (Lipinski definition) is 2. The molecule has 0 aliphatic carbocycles. The molecule has 0 N–H and O–H groups in total. The maximum atomic E-state index is 13.6. The number of benzene rings is 3. The van der Waals surface area contributed by atoms with E-state index in [0.717, 1.165) is 22.2 Å². The average Bonchev–Trinajstić information content (AvgIpc) is 3.20. The van der Waals surface area contributed by atoms with Crippen LogP contribution >= 0.6 is 0 Å². The van der Waals surface area contributed by atoms with Crippen LogP contribution in [0.25, 0.3) is 27.9 Å². The zero-order valence-corrected chi connectivity index (χ0v) is 15.7. The maximum absolute atomic E-state index is 13.6. The minimum atomic E-state index is -0.0252. The molecule has 0 unspecified atom stereocenters. The van der Waals surface area contributed by atoms with Gasteiger partial charge < -0.3 is 0 Å². The minimum Gasteiger partial charge on any atom is -0.288 e. The Morgan fingerprint density at radius 2 is 1.24 bits per heavy atom. The molecule has 0 fully saturated rings. The molecule has 0 amide bonds. The van der Waals surface area contributed by atoms with E-state index in [0.29, 0.717) is 16.8 Å². The summed E-state index contributed by atoms with van der Waals surface area (Å²) >= 11 is 0. The van der Waals surface area contributed by atoms with Crippen molar-refractivity contribution in [3.05, 3.63) is 120 Å². The summed E-state index contributed by atoms with van der Waals surface area (Å²) in [7, 11) is 0. The predicted octanol–water partition coefficient (Wildman–Crippen LogP) is 5.90. The summed E-state index contributed by atoms with van der Waals surface area (Å²) in [6.07, 6.45) is 1.90. The Balaban J connectivity index is 1.85. The third-order valence-corrected chi connectivity index (χ3v) is 5.05. The molecule has 0 spiro atoms. The fourth-order valence-corrected chi connectivity index (χ4v) is 3.70. The van der Waals surface area contributed by atoms with Gasteiger partial charge in [0.1, 0.15) is 5.69 Å². The molecular weight excluding hydrogens is 356 g/mol. The van der Waals surface area contributed by atoms with Crippen LogP contribution in [0.15, 0.2) is 109 Å². The van der Waals surface area contributed by atoms with Crippen LogP contribution in [0.2, 0.25) is 0 Å². The van der Waals surface area contributed by atoms with Gasteiger partial charge in [-0.3, -0.25) is 4.79 Å². The highest BCUT2D eigenvalue weighted by Gasteiger charge is 2.24. The topological polar surface area (TPSA) is 34.4 Å². The Bertz CT molecular complexity index is 1290. The number of aromatic nitrogens is 2. The summed E-state index contributed by atoms with van der Waals surface area (Å²) in [6, 6.07) is 33.4. The fraction of sp³-hybridized carbons (Fsp3) is 0. The van der Waals surface area contributed by atoms with E-state index in [2.05, 4.69) is 12.1 Å². The lowest BCUT2D eigenvalue weighted by atomic mass is 9.95. The summed E-state index contributed by atoms with van der Waals surface area (Å²) in [5.41, 5.74) is 5.77. The van der Waals surface area contributed by atoms with E-state index in [9.17, 15) is 4.79 Å². The monoisotopic (exact) mass is 374 g/mol. The zero-order chi connectivity index (χ0) is 19.6. The molecule has 3 heteroatoms. The van der Waals surface area contributed by atoms with Gasteiger partial charge in [0.05, 0.1) is 11.1 Å². The Kier molecular flexibility index (Phi) is 4.26. The third-order valence-electron chi connectivity index (χ3n) is 5.05. The zero-order valence-electron chi connectivity index (χ0n) is 15.7. The van der Waals surface area contributed by atoms with Gasteiger partial charge in [0, 0.05) is 22.9 Å². The lowest BCUT2D eigenvalue weighted by molar-refractivity contribution is 0.104. The largest absolute Gasteiger partial charge is 0.288 e. The summed E-state index contributed by atoms with van der Waals surface area (Å²) < 4.78 is 1.82. The second-order valence-electron chi connectivity index (χ2n) is 6.87. The molecule has 5 rings (SSSR count). The van der Waals surface area contributed by atoms with Crippen molar-refractivity contribution in [1.82, 2.24) is 9.61 Å². The molecule has 2 aromatic heterocycles. The smallest absolute Gasteiger partial charge is 0.197 e. The summed E-state index contributed by atoms with van der Waals surface area (Å²) in [5, 5.41) is 4.81. The fourth-order valence-electron chi connectivity index (χ4n) is 3.70. The van der Waals surface area contributed by atoms with Crippen molar-refractivity contribution < 1.29 is 4.79 Å². The van der Waals surface area contributed by atoms with Gasteiger partial charge in [-0.15, -0.1) is 0 Å². The van der Waals surface area contributed by atoms with Gasteiger partial charge >= 0.3 is 0 Å². The van der Waals surface area contributed by atoms with Crippen molar-refractivity contribution in [3.8, 4) is 22.4 Å². The van der Waals surface area contributed by atoms with E-state index >= 15 is 0 Å². The summed E-state index contributed by atoms with van der Waals surface area (Å²) in [6.45, 7) is 0. The molecule has 29 heavy (non-hydrogen) atoms. The van der Waals surface area contributed by atoms with E-state index in [1.54, 1.807) is 0 Å². The Morgan fingerprint density at radius 3 is 1.90 bits per heavy atom. The van der Waals surface area contributed by atoms with Crippen LogP contribution < -0.4 is 0 Å². The second kappa shape index (κ2) is 7.21. The van der Waals surface area contributed by atoms with E-state index < -0.39 is 0 Å². The highest BCUT2D eigenvalue weighted by molar-refractivity contribution is 6.18. The number of nitrogens with zero attached hydrogens (tertiary/aromatic N) is 2. The summed E-state index contributed by atoms with van der Waals surface area (Å²) in [4.78, 5) is 13.6. The van der Waals surface area contributed by atoms with E-state index in [-0.39, 0.29) is 5.78 Å². The van der Waals surface area contributed by atoms with E-state index in [1.165, 1.54) is 0 Å². The van der Waals surface area contributed by atoms with Crippen LogP contribution in [0, 0.1) is 0 Å². The van der Waals surface area contributed by atoms with Crippen LogP contribution in [0.5, 0.6) is 0 Å². The highest BCUT2D eigenvalue weighted by atomic mass is 16.1. The molecule has 0 aliphatic heterocycles. The first-order valence-corrected chi connectivity index (χ1v) is 9.55. The van der Waals surface area contributed by atoms with Crippen LogP contribution in [-0.2, 0) is 0 Å². The van der Waals surface area contributed by atoms with Gasteiger partial charge in [-0.1, -0.05) is 97.1 Å². The number of ketones is 1. The third kappa shape index (κ3) is 3.03. The average molecular weight is 374 g/mol. The van der Waals surface area contributed by atoms with E-state index in [4.69, 9.17) is 5.10 Å². The Morgan fingerprint density at radius 1 is 0.655 bits per heavy atom. The molecule has 3 nitrogen and oxygen atoms in total. The lowest BCUT2D eigenvalue weighted by Gasteiger charge is -2.08. The first kappa shape index (κ1) is 17.1. The van der Waals surface area contributed by atoms with Crippen LogP contribution in [0.1, 0.15) is 15.9 Å². The van der Waals surface area contributed by atoms with Gasteiger partial charge in [-0.2, -0.15) is 5.10 Å². The predicted molar refractivity (Wildman–Crippen MR) is 116 cm³/mol. The number of carbonyl (C=O) groups is 1. The highest BCUT2D eigenvalue weighted by Crippen LogP contribution is 2.34. The van der Waals surface area contributed by atoms with Crippen LogP contribution in [-0.4, -0.2) is 15.4 Å². The molecule has 0 saturated heterocycles. The van der Waals surface area contributed by atoms with Gasteiger partial charge in [0.2, 0.25) is 0 Å². The first-order valence-electron chi connectivity index (χ1n) is 9.55. The second-order valence-corrected chi connectivity index (χ2v) is 6.87. The van der Waals surface area contributed by atoms with Gasteiger partial charge in [-0.25, -0.2) is 4.52 Å². The van der Waals surface area contributed by atoms with Crippen molar-refractivity contribution in [2.45, 2.75) is 0 Å². The molecule has 0 aliphatic rings. The standard InChI is InChI=1S/C26H18N2O/c29-26(21-15-8-3-9-16-21)23-24(20-13-6-2-7-14-20)27-28-18-10-17-22(25(23)28)19-11-4-1-5-12-19/h1-18H. The van der Waals surface area contributed by atoms with Crippen molar-refractivity contribution in [2.24, 2.45) is 0 Å². The molecule has 0 bridgehead atoms. The Hall–Kier alpha value is -3.98. The molecule has 2 heterocycles. The van der Waals surface area contributed by atoms with Crippen molar-refractivity contribution in [3.63, 3.8) is 0 Å². The molecule has 0 radical (unpaired) electrons. The van der Waals surface area contributed by atoms with Crippen molar-refractivity contribution in [2.75, 3.05) is 0 Å². The molecule has 0 saturated carbocycles. The van der Waals surface area contributed by atoms with Crippen molar-refractivity contribution >= 4 is 11.3 Å². The maximum Gasteiger partial charge on any atom is 0.197 e. The van der Waals surface area contributed by atoms with Crippen LogP contribution in [0.3, 0.4) is 0 Å². The number of rotatable bonds is 4. The number of carbonyl (C=O) groups excluding carboxylic acids is 1.